The second-order valence-electron chi connectivity index (χ2n) is 4.84. The van der Waals surface area contributed by atoms with Gasteiger partial charge in [0, 0.05) is 6.54 Å². The highest BCUT2D eigenvalue weighted by molar-refractivity contribution is 6.41. The number of aromatic nitrogens is 1. The molecular formula is C15H16Cl2N2O3. The van der Waals surface area contributed by atoms with Crippen molar-refractivity contribution in [1.82, 2.24) is 10.3 Å². The monoisotopic (exact) mass is 342 g/mol. The number of hydrogen-bond donors (Lipinski definition) is 3. The van der Waals surface area contributed by atoms with Crippen molar-refractivity contribution < 1.29 is 14.6 Å². The van der Waals surface area contributed by atoms with Gasteiger partial charge in [-0.2, -0.15) is 0 Å². The molecule has 1 heterocycles. The second-order valence-corrected chi connectivity index (χ2v) is 5.62. The fourth-order valence-corrected chi connectivity index (χ4v) is 2.10. The first-order valence-electron chi connectivity index (χ1n) is 6.65. The summed E-state index contributed by atoms with van der Waals surface area (Å²) in [4.78, 5) is 14.5. The lowest BCUT2D eigenvalue weighted by molar-refractivity contribution is 0.0840. The third-order valence-corrected chi connectivity index (χ3v) is 3.59. The SMILES string of the molecule is Cc1cccc(OCC(O)CNC(=O)c2cc(Cl)c(Cl)[nH]2)c1. The Morgan fingerprint density at radius 1 is 1.41 bits per heavy atom. The van der Waals surface area contributed by atoms with Crippen LogP contribution in [0, 0.1) is 6.92 Å². The smallest absolute Gasteiger partial charge is 0.267 e. The molecule has 0 saturated carbocycles. The number of hydrogen-bond acceptors (Lipinski definition) is 3. The van der Waals surface area contributed by atoms with Crippen LogP contribution in [0.3, 0.4) is 0 Å². The van der Waals surface area contributed by atoms with E-state index in [0.29, 0.717) is 5.75 Å². The predicted molar refractivity (Wildman–Crippen MR) is 85.8 cm³/mol. The van der Waals surface area contributed by atoms with Crippen LogP contribution >= 0.6 is 23.2 Å². The van der Waals surface area contributed by atoms with Crippen LogP contribution < -0.4 is 10.1 Å². The largest absolute Gasteiger partial charge is 0.491 e. The Morgan fingerprint density at radius 3 is 2.82 bits per heavy atom. The maximum absolute atomic E-state index is 11.8. The number of aliphatic hydroxyl groups is 1. The highest BCUT2D eigenvalue weighted by atomic mass is 35.5. The lowest BCUT2D eigenvalue weighted by atomic mass is 10.2. The molecule has 5 nitrogen and oxygen atoms in total. The van der Waals surface area contributed by atoms with Gasteiger partial charge in [0.25, 0.3) is 5.91 Å². The molecule has 2 aromatic rings. The van der Waals surface area contributed by atoms with Gasteiger partial charge in [0.05, 0.1) is 5.02 Å². The predicted octanol–water partition coefficient (Wildman–Crippen LogP) is 2.80. The molecule has 118 valence electrons. The minimum absolute atomic E-state index is 0.0545. The number of benzene rings is 1. The van der Waals surface area contributed by atoms with Crippen LogP contribution in [0.4, 0.5) is 0 Å². The molecule has 0 aliphatic rings. The zero-order chi connectivity index (χ0) is 16.1. The van der Waals surface area contributed by atoms with E-state index in [9.17, 15) is 9.90 Å². The summed E-state index contributed by atoms with van der Waals surface area (Å²) in [6.07, 6.45) is -0.828. The molecule has 0 spiro atoms. The molecule has 2 rings (SSSR count). The molecule has 0 fully saturated rings. The highest BCUT2D eigenvalue weighted by Crippen LogP contribution is 2.21. The molecule has 0 saturated heterocycles. The van der Waals surface area contributed by atoms with E-state index in [-0.39, 0.29) is 29.0 Å². The first-order chi connectivity index (χ1) is 10.5. The molecule has 3 N–H and O–H groups in total. The van der Waals surface area contributed by atoms with Gasteiger partial charge in [-0.3, -0.25) is 4.79 Å². The average molecular weight is 343 g/mol. The first kappa shape index (κ1) is 16.7. The number of H-pyrrole nitrogens is 1. The fourth-order valence-electron chi connectivity index (χ4n) is 1.79. The Bertz CT molecular complexity index is 638. The van der Waals surface area contributed by atoms with Crippen molar-refractivity contribution in [2.75, 3.05) is 13.2 Å². The molecule has 1 unspecified atom stereocenters. The van der Waals surface area contributed by atoms with E-state index in [1.165, 1.54) is 6.07 Å². The van der Waals surface area contributed by atoms with E-state index in [1.54, 1.807) is 6.07 Å². The fraction of sp³-hybridized carbons (Fsp3) is 0.267. The lowest BCUT2D eigenvalue weighted by Gasteiger charge is -2.13. The molecule has 1 amide bonds. The minimum Gasteiger partial charge on any atom is -0.491 e. The van der Waals surface area contributed by atoms with Crippen molar-refractivity contribution in [2.45, 2.75) is 13.0 Å². The van der Waals surface area contributed by atoms with Gasteiger partial charge in [0.15, 0.2) is 0 Å². The van der Waals surface area contributed by atoms with Gasteiger partial charge in [-0.15, -0.1) is 0 Å². The van der Waals surface area contributed by atoms with Gasteiger partial charge in [-0.05, 0) is 30.7 Å². The van der Waals surface area contributed by atoms with Crippen molar-refractivity contribution in [3.8, 4) is 5.75 Å². The summed E-state index contributed by atoms with van der Waals surface area (Å²) in [5.74, 6) is 0.275. The molecule has 7 heteroatoms. The molecule has 0 aliphatic heterocycles. The van der Waals surface area contributed by atoms with Gasteiger partial charge >= 0.3 is 0 Å². The lowest BCUT2D eigenvalue weighted by Crippen LogP contribution is -2.35. The van der Waals surface area contributed by atoms with Crippen LogP contribution in [0.5, 0.6) is 5.75 Å². The molecule has 0 aliphatic carbocycles. The summed E-state index contributed by atoms with van der Waals surface area (Å²) >= 11 is 11.5. The van der Waals surface area contributed by atoms with Gasteiger partial charge in [-0.1, -0.05) is 35.3 Å². The zero-order valence-corrected chi connectivity index (χ0v) is 13.4. The summed E-state index contributed by atoms with van der Waals surface area (Å²) in [6.45, 7) is 2.09. The number of ether oxygens (including phenoxy) is 1. The van der Waals surface area contributed by atoms with Crippen LogP contribution in [0.15, 0.2) is 30.3 Å². The van der Waals surface area contributed by atoms with Crippen molar-refractivity contribution in [3.05, 3.63) is 51.8 Å². The molecule has 1 aromatic carbocycles. The van der Waals surface area contributed by atoms with E-state index in [4.69, 9.17) is 27.9 Å². The van der Waals surface area contributed by atoms with Crippen molar-refractivity contribution in [3.63, 3.8) is 0 Å². The average Bonchev–Trinajstić information content (AvgIpc) is 2.82. The number of aryl methyl sites for hydroxylation is 1. The summed E-state index contributed by atoms with van der Waals surface area (Å²) in [7, 11) is 0. The van der Waals surface area contributed by atoms with Crippen LogP contribution in [0.1, 0.15) is 16.1 Å². The molecule has 0 radical (unpaired) electrons. The summed E-state index contributed by atoms with van der Waals surface area (Å²) < 4.78 is 5.46. The van der Waals surface area contributed by atoms with Crippen LogP contribution in [0.2, 0.25) is 10.2 Å². The number of aromatic amines is 1. The highest BCUT2D eigenvalue weighted by Gasteiger charge is 2.13. The van der Waals surface area contributed by atoms with Crippen molar-refractivity contribution >= 4 is 29.1 Å². The second kappa shape index (κ2) is 7.54. The number of halogens is 2. The van der Waals surface area contributed by atoms with Gasteiger partial charge in [-0.25, -0.2) is 0 Å². The minimum atomic E-state index is -0.828. The van der Waals surface area contributed by atoms with Crippen LogP contribution in [-0.4, -0.2) is 35.3 Å². The Hall–Kier alpha value is -1.69. The number of carbonyl (C=O) groups is 1. The first-order valence-corrected chi connectivity index (χ1v) is 7.41. The Kier molecular flexibility index (Phi) is 5.71. The maximum Gasteiger partial charge on any atom is 0.267 e. The molecule has 22 heavy (non-hydrogen) atoms. The van der Waals surface area contributed by atoms with E-state index in [0.717, 1.165) is 5.56 Å². The quantitative estimate of drug-likeness (QED) is 0.755. The molecule has 1 aromatic heterocycles. The van der Waals surface area contributed by atoms with Gasteiger partial charge in [0.2, 0.25) is 0 Å². The number of carbonyl (C=O) groups excluding carboxylic acids is 1. The third kappa shape index (κ3) is 4.66. The number of rotatable bonds is 6. The maximum atomic E-state index is 11.8. The Balaban J connectivity index is 1.77. The molecule has 0 bridgehead atoms. The van der Waals surface area contributed by atoms with E-state index < -0.39 is 12.0 Å². The topological polar surface area (TPSA) is 74.3 Å². The number of amides is 1. The van der Waals surface area contributed by atoms with Crippen molar-refractivity contribution in [2.24, 2.45) is 0 Å². The number of nitrogens with one attached hydrogen (secondary N) is 2. The van der Waals surface area contributed by atoms with Crippen molar-refractivity contribution in [1.29, 1.82) is 0 Å². The Morgan fingerprint density at radius 2 is 2.18 bits per heavy atom. The summed E-state index contributed by atoms with van der Waals surface area (Å²) in [5.41, 5.74) is 1.31. The normalized spacial score (nSPS) is 12.0. The van der Waals surface area contributed by atoms with Crippen LogP contribution in [0.25, 0.3) is 0 Å². The van der Waals surface area contributed by atoms with Gasteiger partial charge in [0.1, 0.15) is 29.3 Å². The number of aliphatic hydroxyl groups excluding tert-OH is 1. The third-order valence-electron chi connectivity index (χ3n) is 2.90. The summed E-state index contributed by atoms with van der Waals surface area (Å²) in [6, 6.07) is 8.93. The molecular weight excluding hydrogens is 327 g/mol. The van der Waals surface area contributed by atoms with E-state index in [2.05, 4.69) is 10.3 Å². The van der Waals surface area contributed by atoms with Crippen LogP contribution in [-0.2, 0) is 0 Å². The van der Waals surface area contributed by atoms with Gasteiger partial charge < -0.3 is 20.1 Å². The van der Waals surface area contributed by atoms with E-state index >= 15 is 0 Å². The molecule has 1 atom stereocenters. The standard InChI is InChI=1S/C15H16Cl2N2O3/c1-9-3-2-4-11(5-9)22-8-10(20)7-18-15(21)13-6-12(16)14(17)19-13/h2-6,10,19-20H,7-8H2,1H3,(H,18,21). The zero-order valence-electron chi connectivity index (χ0n) is 11.9. The van der Waals surface area contributed by atoms with E-state index in [1.807, 2.05) is 25.1 Å². The summed E-state index contributed by atoms with van der Waals surface area (Å²) in [5, 5.41) is 12.9. The Labute approximate surface area is 138 Å².